The van der Waals surface area contributed by atoms with Crippen molar-refractivity contribution in [2.24, 2.45) is 11.3 Å². The number of esters is 1. The van der Waals surface area contributed by atoms with Gasteiger partial charge in [0.2, 0.25) is 5.91 Å². The first-order valence-electron chi connectivity index (χ1n) is 11.6. The van der Waals surface area contributed by atoms with Gasteiger partial charge in [0, 0.05) is 11.3 Å². The summed E-state index contributed by atoms with van der Waals surface area (Å²) in [4.78, 5) is 26.6. The molecule has 7 heteroatoms. The van der Waals surface area contributed by atoms with E-state index in [1.54, 1.807) is 14.0 Å². The molecule has 1 aliphatic carbocycles. The number of carbonyl (C=O) groups excluding carboxylic acids is 2. The van der Waals surface area contributed by atoms with Crippen LogP contribution in [0.4, 0.5) is 5.00 Å². The molecule has 33 heavy (non-hydrogen) atoms. The number of carbonyl (C=O) groups is 2. The SMILES string of the molecule is CCOC(=O)c1c(NC(=O)CCCOc2ccc(OC)cc2)sc2c1CCC(C(C)(C)C)C2. The molecular formula is C26H35NO5S. The summed E-state index contributed by atoms with van der Waals surface area (Å²) >= 11 is 1.53. The molecule has 0 saturated carbocycles. The molecule has 1 aliphatic rings. The summed E-state index contributed by atoms with van der Waals surface area (Å²) in [5, 5.41) is 3.60. The second-order valence-electron chi connectivity index (χ2n) is 9.41. The molecule has 6 nitrogen and oxygen atoms in total. The molecule has 1 unspecified atom stereocenters. The van der Waals surface area contributed by atoms with Gasteiger partial charge >= 0.3 is 5.97 Å². The quantitative estimate of drug-likeness (QED) is 0.363. The van der Waals surface area contributed by atoms with Crippen LogP contribution in [-0.2, 0) is 22.4 Å². The fourth-order valence-electron chi connectivity index (χ4n) is 4.12. The third-order valence-electron chi connectivity index (χ3n) is 6.10. The zero-order valence-electron chi connectivity index (χ0n) is 20.3. The lowest BCUT2D eigenvalue weighted by Gasteiger charge is -2.33. The standard InChI is InChI=1S/C26H35NO5S/c1-6-31-25(29)23-20-14-9-17(26(2,3)4)16-21(20)33-24(23)27-22(28)8-7-15-32-19-12-10-18(30-5)11-13-19/h10-13,17H,6-9,14-16H2,1-5H3,(H,27,28). The van der Waals surface area contributed by atoms with Crippen molar-refractivity contribution in [1.82, 2.24) is 0 Å². The molecule has 0 radical (unpaired) electrons. The molecule has 0 aliphatic heterocycles. The molecule has 0 bridgehead atoms. The van der Waals surface area contributed by atoms with E-state index in [0.29, 0.717) is 42.5 Å². The van der Waals surface area contributed by atoms with Crippen molar-refractivity contribution in [3.63, 3.8) is 0 Å². The lowest BCUT2D eigenvalue weighted by molar-refractivity contribution is -0.116. The van der Waals surface area contributed by atoms with Crippen molar-refractivity contribution in [3.8, 4) is 11.5 Å². The molecule has 1 aromatic carbocycles. The second kappa shape index (κ2) is 11.1. The van der Waals surface area contributed by atoms with E-state index < -0.39 is 0 Å². The number of rotatable bonds is 9. The predicted octanol–water partition coefficient (Wildman–Crippen LogP) is 5.88. The van der Waals surface area contributed by atoms with Gasteiger partial charge in [-0.05, 0) is 73.8 Å². The number of anilines is 1. The number of nitrogens with one attached hydrogen (secondary N) is 1. The van der Waals surface area contributed by atoms with Gasteiger partial charge < -0.3 is 19.5 Å². The highest BCUT2D eigenvalue weighted by Crippen LogP contribution is 2.44. The van der Waals surface area contributed by atoms with Crippen molar-refractivity contribution in [1.29, 1.82) is 0 Å². The van der Waals surface area contributed by atoms with Crippen LogP contribution in [-0.4, -0.2) is 32.2 Å². The van der Waals surface area contributed by atoms with Crippen molar-refractivity contribution >= 4 is 28.2 Å². The molecule has 1 amide bonds. The van der Waals surface area contributed by atoms with E-state index in [2.05, 4.69) is 26.1 Å². The number of methoxy groups -OCH3 is 1. The molecule has 1 heterocycles. The van der Waals surface area contributed by atoms with Crippen LogP contribution in [0.1, 0.15) is 67.8 Å². The Morgan fingerprint density at radius 1 is 1.15 bits per heavy atom. The monoisotopic (exact) mass is 473 g/mol. The maximum absolute atomic E-state index is 12.7. The normalized spacial score (nSPS) is 15.5. The summed E-state index contributed by atoms with van der Waals surface area (Å²) in [7, 11) is 1.62. The number of amides is 1. The highest BCUT2D eigenvalue weighted by atomic mass is 32.1. The maximum Gasteiger partial charge on any atom is 0.341 e. The molecule has 0 saturated heterocycles. The minimum Gasteiger partial charge on any atom is -0.497 e. The second-order valence-corrected chi connectivity index (χ2v) is 10.5. The number of ether oxygens (including phenoxy) is 3. The first kappa shape index (κ1) is 25.1. The number of thiophene rings is 1. The van der Waals surface area contributed by atoms with Crippen LogP contribution >= 0.6 is 11.3 Å². The Morgan fingerprint density at radius 2 is 1.85 bits per heavy atom. The van der Waals surface area contributed by atoms with Gasteiger partial charge in [0.15, 0.2) is 0 Å². The number of hydrogen-bond donors (Lipinski definition) is 1. The lowest BCUT2D eigenvalue weighted by Crippen LogP contribution is -2.26. The average Bonchev–Trinajstić information content (AvgIpc) is 3.13. The van der Waals surface area contributed by atoms with E-state index in [4.69, 9.17) is 14.2 Å². The van der Waals surface area contributed by atoms with Crippen LogP contribution in [0.5, 0.6) is 11.5 Å². The fourth-order valence-corrected chi connectivity index (χ4v) is 5.45. The van der Waals surface area contributed by atoms with E-state index in [0.717, 1.165) is 36.3 Å². The summed E-state index contributed by atoms with van der Waals surface area (Å²) in [6, 6.07) is 7.35. The van der Waals surface area contributed by atoms with Gasteiger partial charge in [-0.15, -0.1) is 11.3 Å². The van der Waals surface area contributed by atoms with Crippen molar-refractivity contribution in [2.45, 2.75) is 59.8 Å². The summed E-state index contributed by atoms with van der Waals surface area (Å²) < 4.78 is 16.2. The molecule has 0 fully saturated rings. The summed E-state index contributed by atoms with van der Waals surface area (Å²) in [6.45, 7) is 9.33. The highest BCUT2D eigenvalue weighted by molar-refractivity contribution is 7.17. The molecule has 1 aromatic heterocycles. The third-order valence-corrected chi connectivity index (χ3v) is 7.27. The van der Waals surface area contributed by atoms with Gasteiger partial charge in [0.1, 0.15) is 16.5 Å². The first-order chi connectivity index (χ1) is 15.7. The van der Waals surface area contributed by atoms with Gasteiger partial charge in [-0.3, -0.25) is 4.79 Å². The number of fused-ring (bicyclic) bond motifs is 1. The molecule has 3 rings (SSSR count). The smallest absolute Gasteiger partial charge is 0.341 e. The third kappa shape index (κ3) is 6.50. The predicted molar refractivity (Wildman–Crippen MR) is 132 cm³/mol. The zero-order chi connectivity index (χ0) is 24.0. The summed E-state index contributed by atoms with van der Waals surface area (Å²) in [6.07, 6.45) is 3.69. The van der Waals surface area contributed by atoms with Gasteiger partial charge in [0.05, 0.1) is 25.9 Å². The molecule has 2 aromatic rings. The summed E-state index contributed by atoms with van der Waals surface area (Å²) in [5.74, 6) is 1.59. The van der Waals surface area contributed by atoms with Gasteiger partial charge in [-0.1, -0.05) is 20.8 Å². The Hall–Kier alpha value is -2.54. The maximum atomic E-state index is 12.7. The van der Waals surface area contributed by atoms with Crippen molar-refractivity contribution in [3.05, 3.63) is 40.3 Å². The zero-order valence-corrected chi connectivity index (χ0v) is 21.1. The van der Waals surface area contributed by atoms with Crippen LogP contribution in [0, 0.1) is 11.3 Å². The molecule has 1 N–H and O–H groups in total. The van der Waals surface area contributed by atoms with Crippen molar-refractivity contribution < 1.29 is 23.8 Å². The minimum atomic E-state index is -0.345. The summed E-state index contributed by atoms with van der Waals surface area (Å²) in [5.41, 5.74) is 1.81. The molecule has 180 valence electrons. The van der Waals surface area contributed by atoms with Crippen LogP contribution < -0.4 is 14.8 Å². The Morgan fingerprint density at radius 3 is 2.48 bits per heavy atom. The Balaban J connectivity index is 1.62. The lowest BCUT2D eigenvalue weighted by atomic mass is 9.72. The highest BCUT2D eigenvalue weighted by Gasteiger charge is 2.34. The topological polar surface area (TPSA) is 73.9 Å². The average molecular weight is 474 g/mol. The van der Waals surface area contributed by atoms with Crippen LogP contribution in [0.2, 0.25) is 0 Å². The fraction of sp³-hybridized carbons (Fsp3) is 0.538. The molecule has 0 spiro atoms. The van der Waals surface area contributed by atoms with Crippen LogP contribution in [0.15, 0.2) is 24.3 Å². The van der Waals surface area contributed by atoms with E-state index in [1.165, 1.54) is 16.2 Å². The van der Waals surface area contributed by atoms with Gasteiger partial charge in [-0.2, -0.15) is 0 Å². The number of benzene rings is 1. The van der Waals surface area contributed by atoms with E-state index in [9.17, 15) is 9.59 Å². The van der Waals surface area contributed by atoms with E-state index in [1.807, 2.05) is 24.3 Å². The van der Waals surface area contributed by atoms with Crippen LogP contribution in [0.25, 0.3) is 0 Å². The Kier molecular flexibility index (Phi) is 8.40. The van der Waals surface area contributed by atoms with E-state index in [-0.39, 0.29) is 17.3 Å². The molecular weight excluding hydrogens is 438 g/mol. The molecule has 1 atom stereocenters. The number of hydrogen-bond acceptors (Lipinski definition) is 6. The Bertz CT molecular complexity index is 958. The minimum absolute atomic E-state index is 0.121. The first-order valence-corrected chi connectivity index (χ1v) is 12.4. The van der Waals surface area contributed by atoms with Gasteiger partial charge in [0.25, 0.3) is 0 Å². The largest absolute Gasteiger partial charge is 0.497 e. The van der Waals surface area contributed by atoms with Crippen molar-refractivity contribution in [2.75, 3.05) is 25.6 Å². The Labute approximate surface area is 200 Å². The van der Waals surface area contributed by atoms with E-state index >= 15 is 0 Å². The van der Waals surface area contributed by atoms with Crippen LogP contribution in [0.3, 0.4) is 0 Å². The van der Waals surface area contributed by atoms with Gasteiger partial charge in [-0.25, -0.2) is 4.79 Å².